The maximum atomic E-state index is 13.3. The second-order valence-electron chi connectivity index (χ2n) is 5.49. The molecule has 1 aromatic carbocycles. The van der Waals surface area contributed by atoms with Crippen LogP contribution in [0.15, 0.2) is 37.1 Å². The number of hydrogen-bond acceptors (Lipinski definition) is 6. The first-order chi connectivity index (χ1) is 12.2. The van der Waals surface area contributed by atoms with Gasteiger partial charge in [0.1, 0.15) is 23.5 Å². The van der Waals surface area contributed by atoms with Crippen LogP contribution >= 0.6 is 0 Å². The molecule has 132 valence electrons. The van der Waals surface area contributed by atoms with Crippen molar-refractivity contribution in [1.82, 2.24) is 30.2 Å². The van der Waals surface area contributed by atoms with Crippen LogP contribution in [0.5, 0.6) is 0 Å². The van der Waals surface area contributed by atoms with Crippen LogP contribution < -0.4 is 10.6 Å². The summed E-state index contributed by atoms with van der Waals surface area (Å²) in [5, 5.41) is 15.3. The molecule has 0 saturated heterocycles. The highest BCUT2D eigenvalue weighted by Gasteiger charge is 2.15. The molecule has 0 fully saturated rings. The largest absolute Gasteiger partial charge is 0.395 e. The van der Waals surface area contributed by atoms with Gasteiger partial charge in [-0.15, -0.1) is 0 Å². The van der Waals surface area contributed by atoms with Crippen molar-refractivity contribution in [3.63, 3.8) is 0 Å². The molecule has 0 aliphatic heterocycles. The Bertz CT molecular complexity index is 820. The van der Waals surface area contributed by atoms with Crippen LogP contribution in [0.3, 0.4) is 0 Å². The van der Waals surface area contributed by atoms with Gasteiger partial charge in [-0.2, -0.15) is 0 Å². The fourth-order valence-corrected chi connectivity index (χ4v) is 2.55. The predicted octanol–water partition coefficient (Wildman–Crippen LogP) is 0.975. The molecule has 3 aromatic rings. The normalized spacial score (nSPS) is 12.6. The number of aliphatic hydroxyl groups is 1. The van der Waals surface area contributed by atoms with E-state index in [0.717, 1.165) is 6.07 Å². The van der Waals surface area contributed by atoms with Crippen molar-refractivity contribution in [2.45, 2.75) is 12.7 Å². The van der Waals surface area contributed by atoms with Gasteiger partial charge in [0.05, 0.1) is 25.3 Å². The van der Waals surface area contributed by atoms with E-state index >= 15 is 0 Å². The van der Waals surface area contributed by atoms with E-state index in [4.69, 9.17) is 5.11 Å². The Balaban J connectivity index is 1.79. The number of nitrogens with one attached hydrogen (secondary N) is 2. The summed E-state index contributed by atoms with van der Waals surface area (Å²) >= 11 is 0. The molecular formula is C16H18F2N6O. The molecule has 25 heavy (non-hydrogen) atoms. The highest BCUT2D eigenvalue weighted by Crippen LogP contribution is 2.14. The first-order valence-corrected chi connectivity index (χ1v) is 7.80. The van der Waals surface area contributed by atoms with E-state index in [1.165, 1.54) is 18.5 Å². The van der Waals surface area contributed by atoms with Crippen molar-refractivity contribution in [3.05, 3.63) is 54.2 Å². The molecule has 0 aliphatic rings. The molecule has 0 spiro atoms. The summed E-state index contributed by atoms with van der Waals surface area (Å²) in [6.45, 7) is 1.15. The Labute approximate surface area is 142 Å². The second-order valence-corrected chi connectivity index (χ2v) is 5.49. The van der Waals surface area contributed by atoms with Gasteiger partial charge in [0.2, 0.25) is 0 Å². The average Bonchev–Trinajstić information content (AvgIpc) is 3.01. The Kier molecular flexibility index (Phi) is 5.59. The summed E-state index contributed by atoms with van der Waals surface area (Å²) in [6.07, 6.45) is 4.39. The van der Waals surface area contributed by atoms with E-state index in [-0.39, 0.29) is 19.3 Å². The van der Waals surface area contributed by atoms with Crippen molar-refractivity contribution in [3.8, 4) is 0 Å². The number of benzene rings is 1. The Morgan fingerprint density at radius 2 is 1.96 bits per heavy atom. The smallest absolute Gasteiger partial charge is 0.164 e. The van der Waals surface area contributed by atoms with Crippen molar-refractivity contribution in [2.24, 2.45) is 0 Å². The third-order valence-electron chi connectivity index (χ3n) is 3.66. The minimum Gasteiger partial charge on any atom is -0.395 e. The van der Waals surface area contributed by atoms with E-state index in [1.54, 1.807) is 12.5 Å². The molecule has 0 bridgehead atoms. The standard InChI is InChI=1S/C16H18F2N6O/c17-12-3-11(4-13(18)5-12)6-21-15(8-19-1-2-25)24-10-23-14-7-20-9-22-16(14)24/h3-5,7,9-10,15,19,21,25H,1-2,6,8H2. The summed E-state index contributed by atoms with van der Waals surface area (Å²) in [5.74, 6) is -1.24. The number of hydrogen-bond donors (Lipinski definition) is 3. The third kappa shape index (κ3) is 4.32. The first-order valence-electron chi connectivity index (χ1n) is 7.80. The zero-order chi connectivity index (χ0) is 17.6. The average molecular weight is 348 g/mol. The van der Waals surface area contributed by atoms with Crippen molar-refractivity contribution >= 4 is 11.2 Å². The van der Waals surface area contributed by atoms with Crippen LogP contribution in [0, 0.1) is 11.6 Å². The van der Waals surface area contributed by atoms with Crippen molar-refractivity contribution in [2.75, 3.05) is 19.7 Å². The number of aromatic nitrogens is 4. The topological polar surface area (TPSA) is 87.9 Å². The summed E-state index contributed by atoms with van der Waals surface area (Å²) in [7, 11) is 0. The van der Waals surface area contributed by atoms with E-state index in [0.29, 0.717) is 29.8 Å². The molecule has 0 amide bonds. The predicted molar refractivity (Wildman–Crippen MR) is 87.5 cm³/mol. The molecule has 0 radical (unpaired) electrons. The maximum absolute atomic E-state index is 13.3. The summed E-state index contributed by atoms with van der Waals surface area (Å²) in [5.41, 5.74) is 1.78. The fraction of sp³-hybridized carbons (Fsp3) is 0.312. The van der Waals surface area contributed by atoms with Crippen LogP contribution in [-0.2, 0) is 6.54 Å². The lowest BCUT2D eigenvalue weighted by atomic mass is 10.2. The second kappa shape index (κ2) is 8.06. The van der Waals surface area contributed by atoms with Gasteiger partial charge < -0.3 is 10.4 Å². The molecular weight excluding hydrogens is 330 g/mol. The lowest BCUT2D eigenvalue weighted by molar-refractivity contribution is 0.283. The minimum absolute atomic E-state index is 0.00861. The van der Waals surface area contributed by atoms with Gasteiger partial charge in [0, 0.05) is 25.7 Å². The Hall–Kier alpha value is -2.49. The SMILES string of the molecule is OCCNCC(NCc1cc(F)cc(F)c1)n1cnc2cncnc21. The van der Waals surface area contributed by atoms with Gasteiger partial charge in [0.25, 0.3) is 0 Å². The van der Waals surface area contributed by atoms with E-state index in [2.05, 4.69) is 25.6 Å². The van der Waals surface area contributed by atoms with Gasteiger partial charge >= 0.3 is 0 Å². The Morgan fingerprint density at radius 3 is 2.72 bits per heavy atom. The number of imidazole rings is 1. The van der Waals surface area contributed by atoms with Gasteiger partial charge in [-0.3, -0.25) is 9.88 Å². The quantitative estimate of drug-likeness (QED) is 0.526. The Morgan fingerprint density at radius 1 is 1.16 bits per heavy atom. The molecule has 2 heterocycles. The highest BCUT2D eigenvalue weighted by atomic mass is 19.1. The number of fused-ring (bicyclic) bond motifs is 1. The summed E-state index contributed by atoms with van der Waals surface area (Å²) in [4.78, 5) is 12.4. The lowest BCUT2D eigenvalue weighted by Crippen LogP contribution is -2.36. The molecule has 1 unspecified atom stereocenters. The number of halogens is 2. The van der Waals surface area contributed by atoms with Gasteiger partial charge in [-0.25, -0.2) is 23.7 Å². The van der Waals surface area contributed by atoms with Crippen LogP contribution in [0.2, 0.25) is 0 Å². The molecule has 0 saturated carbocycles. The van der Waals surface area contributed by atoms with Crippen LogP contribution in [0.25, 0.3) is 11.2 Å². The summed E-state index contributed by atoms with van der Waals surface area (Å²) < 4.78 is 28.5. The van der Waals surface area contributed by atoms with Crippen LogP contribution in [0.1, 0.15) is 11.7 Å². The van der Waals surface area contributed by atoms with E-state index in [9.17, 15) is 8.78 Å². The van der Waals surface area contributed by atoms with Gasteiger partial charge in [-0.1, -0.05) is 0 Å². The van der Waals surface area contributed by atoms with E-state index in [1.807, 2.05) is 4.57 Å². The monoisotopic (exact) mass is 348 g/mol. The van der Waals surface area contributed by atoms with Crippen LogP contribution in [0.4, 0.5) is 8.78 Å². The zero-order valence-corrected chi connectivity index (χ0v) is 13.4. The van der Waals surface area contributed by atoms with Gasteiger partial charge in [0.15, 0.2) is 5.65 Å². The molecule has 9 heteroatoms. The molecule has 3 N–H and O–H groups in total. The third-order valence-corrected chi connectivity index (χ3v) is 3.66. The molecule has 2 aromatic heterocycles. The summed E-state index contributed by atoms with van der Waals surface area (Å²) in [6, 6.07) is 3.40. The zero-order valence-electron chi connectivity index (χ0n) is 13.4. The molecule has 3 rings (SSSR count). The minimum atomic E-state index is -0.618. The molecule has 7 nitrogen and oxygen atoms in total. The number of aliphatic hydroxyl groups excluding tert-OH is 1. The lowest BCUT2D eigenvalue weighted by Gasteiger charge is -2.21. The first kappa shape index (κ1) is 17.3. The fourth-order valence-electron chi connectivity index (χ4n) is 2.55. The van der Waals surface area contributed by atoms with Gasteiger partial charge in [-0.05, 0) is 17.7 Å². The number of nitrogens with zero attached hydrogens (tertiary/aromatic N) is 4. The molecule has 0 aliphatic carbocycles. The number of rotatable bonds is 8. The van der Waals surface area contributed by atoms with E-state index < -0.39 is 11.6 Å². The maximum Gasteiger partial charge on any atom is 0.164 e. The van der Waals surface area contributed by atoms with Crippen molar-refractivity contribution < 1.29 is 13.9 Å². The van der Waals surface area contributed by atoms with Crippen molar-refractivity contribution in [1.29, 1.82) is 0 Å². The highest BCUT2D eigenvalue weighted by molar-refractivity contribution is 5.68. The molecule has 1 atom stereocenters. The van der Waals surface area contributed by atoms with Crippen LogP contribution in [-0.4, -0.2) is 44.3 Å².